The molecule has 6 heteroatoms. The molecule has 0 aromatic rings. The summed E-state index contributed by atoms with van der Waals surface area (Å²) >= 11 is 0. The number of nitrogens with zero attached hydrogens (tertiary/aromatic N) is 1. The van der Waals surface area contributed by atoms with E-state index in [1.165, 1.54) is 0 Å². The maximum Gasteiger partial charge on any atom is 0.326 e. The standard InChI is InChI=1S/C14H22N2O4/c1-20-9-5-11(15-6-9)13(17)16-7-8-3-2-4-10(8)12(16)14(18)19/h8-12,15H,2-7H2,1H3,(H,18,19). The molecule has 3 fully saturated rings. The topological polar surface area (TPSA) is 78.9 Å². The third kappa shape index (κ3) is 2.20. The fraction of sp³-hybridized carbons (Fsp3) is 0.857. The summed E-state index contributed by atoms with van der Waals surface area (Å²) in [5, 5.41) is 12.6. The van der Waals surface area contributed by atoms with E-state index >= 15 is 0 Å². The Hall–Kier alpha value is -1.14. The fourth-order valence-electron chi connectivity index (χ4n) is 4.12. The van der Waals surface area contributed by atoms with E-state index in [0.717, 1.165) is 19.3 Å². The van der Waals surface area contributed by atoms with Crippen molar-refractivity contribution in [3.05, 3.63) is 0 Å². The number of fused-ring (bicyclic) bond motifs is 1. The summed E-state index contributed by atoms with van der Waals surface area (Å²) in [5.41, 5.74) is 0. The van der Waals surface area contributed by atoms with E-state index in [1.807, 2.05) is 0 Å². The molecule has 0 radical (unpaired) electrons. The maximum atomic E-state index is 12.6. The molecule has 0 spiro atoms. The zero-order valence-electron chi connectivity index (χ0n) is 11.7. The van der Waals surface area contributed by atoms with Crippen LogP contribution in [0, 0.1) is 11.8 Å². The monoisotopic (exact) mass is 282 g/mol. The third-order valence-electron chi connectivity index (χ3n) is 5.15. The minimum Gasteiger partial charge on any atom is -0.480 e. The van der Waals surface area contributed by atoms with Crippen LogP contribution in [0.3, 0.4) is 0 Å². The smallest absolute Gasteiger partial charge is 0.326 e. The van der Waals surface area contributed by atoms with Gasteiger partial charge in [-0.2, -0.15) is 0 Å². The van der Waals surface area contributed by atoms with Crippen molar-refractivity contribution >= 4 is 11.9 Å². The second-order valence-corrected chi connectivity index (χ2v) is 6.18. The summed E-state index contributed by atoms with van der Waals surface area (Å²) in [6.07, 6.45) is 3.76. The SMILES string of the molecule is COC1CNC(C(=O)N2CC3CCCC3C2C(=O)O)C1. The lowest BCUT2D eigenvalue weighted by atomic mass is 9.94. The summed E-state index contributed by atoms with van der Waals surface area (Å²) in [4.78, 5) is 25.8. The fourth-order valence-corrected chi connectivity index (χ4v) is 4.12. The largest absolute Gasteiger partial charge is 0.480 e. The molecule has 20 heavy (non-hydrogen) atoms. The Morgan fingerprint density at radius 2 is 2.15 bits per heavy atom. The number of rotatable bonds is 3. The first-order valence-electron chi connectivity index (χ1n) is 7.41. The highest BCUT2D eigenvalue weighted by molar-refractivity contribution is 5.88. The van der Waals surface area contributed by atoms with E-state index in [0.29, 0.717) is 25.4 Å². The van der Waals surface area contributed by atoms with E-state index in [-0.39, 0.29) is 24.0 Å². The van der Waals surface area contributed by atoms with Gasteiger partial charge < -0.3 is 20.1 Å². The molecule has 2 N–H and O–H groups in total. The molecule has 0 bridgehead atoms. The number of ether oxygens (including phenoxy) is 1. The van der Waals surface area contributed by atoms with Crippen LogP contribution >= 0.6 is 0 Å². The van der Waals surface area contributed by atoms with E-state index in [1.54, 1.807) is 12.0 Å². The number of hydrogen-bond acceptors (Lipinski definition) is 4. The van der Waals surface area contributed by atoms with Crippen LogP contribution in [0.15, 0.2) is 0 Å². The highest BCUT2D eigenvalue weighted by Gasteiger charge is 2.51. The Balaban J connectivity index is 1.72. The van der Waals surface area contributed by atoms with Gasteiger partial charge in [0.05, 0.1) is 12.1 Å². The average molecular weight is 282 g/mol. The van der Waals surface area contributed by atoms with Gasteiger partial charge in [0.25, 0.3) is 0 Å². The van der Waals surface area contributed by atoms with Gasteiger partial charge in [-0.05, 0) is 31.1 Å². The number of carboxylic acids is 1. The van der Waals surface area contributed by atoms with Crippen LogP contribution in [0.1, 0.15) is 25.7 Å². The highest BCUT2D eigenvalue weighted by atomic mass is 16.5. The molecule has 2 heterocycles. The van der Waals surface area contributed by atoms with Crippen molar-refractivity contribution in [2.24, 2.45) is 11.8 Å². The molecule has 3 rings (SSSR count). The zero-order valence-corrected chi connectivity index (χ0v) is 11.7. The summed E-state index contributed by atoms with van der Waals surface area (Å²) < 4.78 is 5.25. The van der Waals surface area contributed by atoms with Gasteiger partial charge >= 0.3 is 5.97 Å². The Morgan fingerprint density at radius 3 is 2.80 bits per heavy atom. The number of amides is 1. The lowest BCUT2D eigenvalue weighted by Crippen LogP contribution is -2.49. The number of aliphatic carboxylic acids is 1. The Kier molecular flexibility index (Phi) is 3.69. The third-order valence-corrected chi connectivity index (χ3v) is 5.15. The van der Waals surface area contributed by atoms with Crippen molar-refractivity contribution in [1.29, 1.82) is 0 Å². The Labute approximate surface area is 118 Å². The van der Waals surface area contributed by atoms with Crippen LogP contribution in [0.4, 0.5) is 0 Å². The van der Waals surface area contributed by atoms with Gasteiger partial charge in [-0.3, -0.25) is 4.79 Å². The predicted molar refractivity (Wildman–Crippen MR) is 71.2 cm³/mol. The number of hydrogen-bond donors (Lipinski definition) is 2. The predicted octanol–water partition coefficient (Wildman–Crippen LogP) is 0.0750. The molecule has 3 aliphatic rings. The highest BCUT2D eigenvalue weighted by Crippen LogP contribution is 2.42. The number of carbonyl (C=O) groups excluding carboxylic acids is 1. The first-order chi connectivity index (χ1) is 9.61. The lowest BCUT2D eigenvalue weighted by Gasteiger charge is -2.27. The van der Waals surface area contributed by atoms with Gasteiger partial charge in [-0.15, -0.1) is 0 Å². The van der Waals surface area contributed by atoms with E-state index in [2.05, 4.69) is 5.32 Å². The number of carbonyl (C=O) groups is 2. The Morgan fingerprint density at radius 1 is 1.35 bits per heavy atom. The minimum atomic E-state index is -0.853. The van der Waals surface area contributed by atoms with Crippen molar-refractivity contribution < 1.29 is 19.4 Å². The second kappa shape index (κ2) is 5.33. The molecule has 2 aliphatic heterocycles. The van der Waals surface area contributed by atoms with E-state index < -0.39 is 12.0 Å². The zero-order chi connectivity index (χ0) is 14.3. The van der Waals surface area contributed by atoms with Gasteiger partial charge in [-0.1, -0.05) is 6.42 Å². The van der Waals surface area contributed by atoms with Crippen LogP contribution in [-0.4, -0.2) is 60.3 Å². The molecule has 1 aliphatic carbocycles. The molecule has 5 unspecified atom stereocenters. The van der Waals surface area contributed by atoms with Gasteiger partial charge in [-0.25, -0.2) is 4.79 Å². The normalized spacial score (nSPS) is 40.0. The maximum absolute atomic E-state index is 12.6. The van der Waals surface area contributed by atoms with Crippen molar-refractivity contribution in [2.75, 3.05) is 20.2 Å². The number of likely N-dealkylation sites (tertiary alicyclic amines) is 1. The van der Waals surface area contributed by atoms with Gasteiger partial charge in [0.2, 0.25) is 5.91 Å². The second-order valence-electron chi connectivity index (χ2n) is 6.18. The number of methoxy groups -OCH3 is 1. The summed E-state index contributed by atoms with van der Waals surface area (Å²) in [7, 11) is 1.64. The molecule has 0 aromatic carbocycles. The molecule has 112 valence electrons. The molecular formula is C14H22N2O4. The van der Waals surface area contributed by atoms with E-state index in [4.69, 9.17) is 4.74 Å². The molecule has 1 saturated carbocycles. The average Bonchev–Trinajstić information content (AvgIpc) is 3.11. The van der Waals surface area contributed by atoms with Crippen LogP contribution in [0.25, 0.3) is 0 Å². The lowest BCUT2D eigenvalue weighted by molar-refractivity contribution is -0.150. The first kappa shape index (κ1) is 13.8. The van der Waals surface area contributed by atoms with Crippen LogP contribution in [0.2, 0.25) is 0 Å². The summed E-state index contributed by atoms with van der Waals surface area (Å²) in [6.45, 7) is 1.27. The van der Waals surface area contributed by atoms with Gasteiger partial charge in [0.1, 0.15) is 6.04 Å². The Bertz CT molecular complexity index is 414. The molecule has 5 atom stereocenters. The first-order valence-corrected chi connectivity index (χ1v) is 7.41. The van der Waals surface area contributed by atoms with Crippen molar-refractivity contribution in [2.45, 2.75) is 43.9 Å². The van der Waals surface area contributed by atoms with Crippen LogP contribution < -0.4 is 5.32 Å². The quantitative estimate of drug-likeness (QED) is 0.766. The minimum absolute atomic E-state index is 0.0503. The van der Waals surface area contributed by atoms with Gasteiger partial charge in [0.15, 0.2) is 0 Å². The van der Waals surface area contributed by atoms with Crippen molar-refractivity contribution in [3.8, 4) is 0 Å². The van der Waals surface area contributed by atoms with E-state index in [9.17, 15) is 14.7 Å². The van der Waals surface area contributed by atoms with Gasteiger partial charge in [0, 0.05) is 20.2 Å². The molecule has 2 saturated heterocycles. The van der Waals surface area contributed by atoms with Crippen molar-refractivity contribution in [3.63, 3.8) is 0 Å². The molecule has 0 aromatic heterocycles. The van der Waals surface area contributed by atoms with Crippen molar-refractivity contribution in [1.82, 2.24) is 10.2 Å². The summed E-state index contributed by atoms with van der Waals surface area (Å²) in [5.74, 6) is -0.392. The molecule has 1 amide bonds. The molecular weight excluding hydrogens is 260 g/mol. The number of nitrogens with one attached hydrogen (secondary N) is 1. The number of carboxylic acid groups (broad SMARTS) is 1. The van der Waals surface area contributed by atoms with Crippen LogP contribution in [-0.2, 0) is 14.3 Å². The molecule has 6 nitrogen and oxygen atoms in total. The summed E-state index contributed by atoms with van der Waals surface area (Å²) in [6, 6.07) is -0.918. The van der Waals surface area contributed by atoms with Crippen LogP contribution in [0.5, 0.6) is 0 Å².